The molecule has 2 nitrogen and oxygen atoms in total. The zero-order valence-electron chi connectivity index (χ0n) is 8.53. The summed E-state index contributed by atoms with van der Waals surface area (Å²) in [5.41, 5.74) is 0.797. The Morgan fingerprint density at radius 3 is 2.80 bits per heavy atom. The molecular weight excluding hydrogens is 254 g/mol. The highest BCUT2D eigenvalue weighted by Crippen LogP contribution is 2.21. The van der Waals surface area contributed by atoms with E-state index in [1.54, 1.807) is 0 Å². The highest BCUT2D eigenvalue weighted by atomic mass is 79.9. The first-order chi connectivity index (χ1) is 7.33. The zero-order valence-corrected chi connectivity index (χ0v) is 10.1. The first kappa shape index (κ1) is 10.7. The molecule has 1 aliphatic heterocycles. The maximum Gasteiger partial charge on any atom is 0.254 e. The number of carbonyl (C=O) groups excluding carboxylic acids is 1. The molecule has 0 spiro atoms. The summed E-state index contributed by atoms with van der Waals surface area (Å²) < 4.78 is 0. The van der Waals surface area contributed by atoms with Gasteiger partial charge in [-0.15, -0.1) is 0 Å². The van der Waals surface area contributed by atoms with Crippen molar-refractivity contribution in [2.24, 2.45) is 0 Å². The smallest absolute Gasteiger partial charge is 0.254 e. The molecule has 1 atom stereocenters. The molecule has 1 aromatic rings. The number of hydrogen-bond donors (Lipinski definition) is 0. The number of likely N-dealkylation sites (tertiary alicyclic amines) is 1. The molecule has 80 valence electrons. The van der Waals surface area contributed by atoms with Crippen molar-refractivity contribution in [2.75, 3.05) is 11.9 Å². The van der Waals surface area contributed by atoms with Crippen LogP contribution in [0.15, 0.2) is 30.3 Å². The molecule has 0 unspecified atom stereocenters. The van der Waals surface area contributed by atoms with E-state index in [9.17, 15) is 4.79 Å². The second-order valence-electron chi connectivity index (χ2n) is 3.81. The minimum atomic E-state index is 0.164. The summed E-state index contributed by atoms with van der Waals surface area (Å²) in [5, 5.41) is 0.881. The van der Waals surface area contributed by atoms with E-state index < -0.39 is 0 Å². The van der Waals surface area contributed by atoms with Gasteiger partial charge in [0.25, 0.3) is 5.91 Å². The second kappa shape index (κ2) is 4.79. The Morgan fingerprint density at radius 1 is 1.40 bits per heavy atom. The van der Waals surface area contributed by atoms with Crippen LogP contribution >= 0.6 is 15.9 Å². The van der Waals surface area contributed by atoms with E-state index in [1.807, 2.05) is 35.2 Å². The first-order valence-corrected chi connectivity index (χ1v) is 6.37. The summed E-state index contributed by atoms with van der Waals surface area (Å²) in [7, 11) is 0. The van der Waals surface area contributed by atoms with Gasteiger partial charge in [0.05, 0.1) is 0 Å². The largest absolute Gasteiger partial charge is 0.335 e. The third-order valence-corrected chi connectivity index (χ3v) is 3.58. The molecule has 0 aromatic heterocycles. The van der Waals surface area contributed by atoms with Crippen molar-refractivity contribution in [3.8, 4) is 0 Å². The van der Waals surface area contributed by atoms with Crippen molar-refractivity contribution in [3.63, 3.8) is 0 Å². The molecule has 15 heavy (non-hydrogen) atoms. The Bertz CT molecular complexity index is 339. The van der Waals surface area contributed by atoms with Gasteiger partial charge in [-0.2, -0.15) is 0 Å². The number of alkyl halides is 1. The molecule has 0 saturated carbocycles. The van der Waals surface area contributed by atoms with Gasteiger partial charge in [0.2, 0.25) is 0 Å². The summed E-state index contributed by atoms with van der Waals surface area (Å²) >= 11 is 3.46. The Morgan fingerprint density at radius 2 is 2.13 bits per heavy atom. The topological polar surface area (TPSA) is 20.3 Å². The fourth-order valence-corrected chi connectivity index (χ4v) is 2.68. The molecular formula is C12H14BrNO. The van der Waals surface area contributed by atoms with E-state index >= 15 is 0 Å². The highest BCUT2D eigenvalue weighted by Gasteiger charge is 2.28. The number of rotatable bonds is 2. The van der Waals surface area contributed by atoms with Gasteiger partial charge in [-0.1, -0.05) is 34.1 Å². The van der Waals surface area contributed by atoms with E-state index in [0.717, 1.165) is 30.3 Å². The Kier molecular flexibility index (Phi) is 3.41. The molecule has 1 fully saturated rings. The molecule has 1 amide bonds. The van der Waals surface area contributed by atoms with E-state index in [4.69, 9.17) is 0 Å². The van der Waals surface area contributed by atoms with E-state index in [1.165, 1.54) is 0 Å². The molecule has 1 aromatic carbocycles. The van der Waals surface area contributed by atoms with Crippen molar-refractivity contribution in [2.45, 2.75) is 18.9 Å². The van der Waals surface area contributed by atoms with Gasteiger partial charge < -0.3 is 4.90 Å². The van der Waals surface area contributed by atoms with Crippen LogP contribution in [0.1, 0.15) is 23.2 Å². The average Bonchev–Trinajstić information content (AvgIpc) is 2.77. The van der Waals surface area contributed by atoms with Crippen molar-refractivity contribution in [1.29, 1.82) is 0 Å². The van der Waals surface area contributed by atoms with E-state index in [0.29, 0.717) is 6.04 Å². The van der Waals surface area contributed by atoms with Crippen LogP contribution in [0.2, 0.25) is 0 Å². The minimum Gasteiger partial charge on any atom is -0.335 e. The van der Waals surface area contributed by atoms with E-state index in [2.05, 4.69) is 15.9 Å². The number of benzene rings is 1. The monoisotopic (exact) mass is 267 g/mol. The predicted octanol–water partition coefficient (Wildman–Crippen LogP) is 2.69. The predicted molar refractivity (Wildman–Crippen MR) is 64.3 cm³/mol. The van der Waals surface area contributed by atoms with Crippen LogP contribution in [0, 0.1) is 0 Å². The van der Waals surface area contributed by atoms with Crippen LogP contribution in [0.3, 0.4) is 0 Å². The lowest BCUT2D eigenvalue weighted by molar-refractivity contribution is 0.0750. The van der Waals surface area contributed by atoms with Gasteiger partial charge >= 0.3 is 0 Å². The van der Waals surface area contributed by atoms with Gasteiger partial charge in [0.15, 0.2) is 0 Å². The zero-order chi connectivity index (χ0) is 10.7. The van der Waals surface area contributed by atoms with E-state index in [-0.39, 0.29) is 5.91 Å². The lowest BCUT2D eigenvalue weighted by atomic mass is 10.2. The molecule has 1 heterocycles. The maximum absolute atomic E-state index is 12.1. The van der Waals surface area contributed by atoms with Gasteiger partial charge in [-0.25, -0.2) is 0 Å². The third-order valence-electron chi connectivity index (χ3n) is 2.84. The number of amides is 1. The summed E-state index contributed by atoms with van der Waals surface area (Å²) in [4.78, 5) is 14.1. The fourth-order valence-electron chi connectivity index (χ4n) is 2.01. The van der Waals surface area contributed by atoms with Crippen LogP contribution in [-0.4, -0.2) is 28.7 Å². The van der Waals surface area contributed by atoms with Crippen molar-refractivity contribution >= 4 is 21.8 Å². The quantitative estimate of drug-likeness (QED) is 0.755. The highest BCUT2D eigenvalue weighted by molar-refractivity contribution is 9.09. The minimum absolute atomic E-state index is 0.164. The summed E-state index contributed by atoms with van der Waals surface area (Å²) in [6.07, 6.45) is 2.23. The molecule has 0 radical (unpaired) electrons. The molecule has 2 rings (SSSR count). The number of carbonyl (C=O) groups is 1. The molecule has 0 aliphatic carbocycles. The van der Waals surface area contributed by atoms with Crippen molar-refractivity contribution < 1.29 is 4.79 Å². The van der Waals surface area contributed by atoms with Gasteiger partial charge in [-0.05, 0) is 25.0 Å². The lowest BCUT2D eigenvalue weighted by Crippen LogP contribution is -2.36. The molecule has 1 aliphatic rings. The molecule has 1 saturated heterocycles. The summed E-state index contributed by atoms with van der Waals surface area (Å²) in [6, 6.07) is 9.89. The van der Waals surface area contributed by atoms with Crippen molar-refractivity contribution in [1.82, 2.24) is 4.90 Å². The Labute approximate surface area is 98.4 Å². The summed E-state index contributed by atoms with van der Waals surface area (Å²) in [6.45, 7) is 0.893. The van der Waals surface area contributed by atoms with Gasteiger partial charge in [-0.3, -0.25) is 4.79 Å². The molecule has 0 N–H and O–H groups in total. The SMILES string of the molecule is O=C(c1ccccc1)N1CCC[C@@H]1CBr. The average molecular weight is 268 g/mol. The summed E-state index contributed by atoms with van der Waals surface area (Å²) in [5.74, 6) is 0.164. The van der Waals surface area contributed by atoms with Crippen LogP contribution in [-0.2, 0) is 0 Å². The Hall–Kier alpha value is -0.830. The van der Waals surface area contributed by atoms with Crippen LogP contribution < -0.4 is 0 Å². The molecule has 0 bridgehead atoms. The van der Waals surface area contributed by atoms with Crippen LogP contribution in [0.4, 0.5) is 0 Å². The molecule has 3 heteroatoms. The van der Waals surface area contributed by atoms with Crippen LogP contribution in [0.25, 0.3) is 0 Å². The van der Waals surface area contributed by atoms with Gasteiger partial charge in [0.1, 0.15) is 0 Å². The fraction of sp³-hybridized carbons (Fsp3) is 0.417. The normalized spacial score (nSPS) is 20.6. The third kappa shape index (κ3) is 2.23. The first-order valence-electron chi connectivity index (χ1n) is 5.25. The second-order valence-corrected chi connectivity index (χ2v) is 4.46. The standard InChI is InChI=1S/C12H14BrNO/c13-9-11-7-4-8-14(11)12(15)10-5-2-1-3-6-10/h1-3,5-6,11H,4,7-9H2/t11-/m1/s1. The number of nitrogens with zero attached hydrogens (tertiary/aromatic N) is 1. The Balaban J connectivity index is 2.14. The maximum atomic E-state index is 12.1. The number of hydrogen-bond acceptors (Lipinski definition) is 1. The van der Waals surface area contributed by atoms with Gasteiger partial charge in [0, 0.05) is 23.5 Å². The van der Waals surface area contributed by atoms with Crippen molar-refractivity contribution in [3.05, 3.63) is 35.9 Å². The van der Waals surface area contributed by atoms with Crippen LogP contribution in [0.5, 0.6) is 0 Å². The lowest BCUT2D eigenvalue weighted by Gasteiger charge is -2.23. The number of halogens is 1.